The van der Waals surface area contributed by atoms with Crippen LogP contribution in [0.3, 0.4) is 0 Å². The minimum Gasteiger partial charge on any atom is -0.394 e. The number of halogens is 1. The molecule has 1 aliphatic heterocycles. The van der Waals surface area contributed by atoms with Gasteiger partial charge in [0.25, 0.3) is 0 Å². The van der Waals surface area contributed by atoms with Gasteiger partial charge in [-0.1, -0.05) is 35.9 Å². The van der Waals surface area contributed by atoms with Gasteiger partial charge in [-0.25, -0.2) is 9.50 Å². The molecule has 1 fully saturated rings. The van der Waals surface area contributed by atoms with Crippen LogP contribution < -0.4 is 5.32 Å². The molecular formula is C26H28ClN5O2. The third kappa shape index (κ3) is 5.08. The topological polar surface area (TPSA) is 85.9 Å². The van der Waals surface area contributed by atoms with E-state index in [0.717, 1.165) is 48.4 Å². The highest BCUT2D eigenvalue weighted by Gasteiger charge is 2.22. The number of fused-ring (bicyclic) bond motifs is 1. The molecule has 0 aliphatic carbocycles. The zero-order valence-corrected chi connectivity index (χ0v) is 19.6. The van der Waals surface area contributed by atoms with Gasteiger partial charge in [-0.2, -0.15) is 0 Å². The molecule has 176 valence electrons. The van der Waals surface area contributed by atoms with Crippen LogP contribution in [-0.2, 0) is 0 Å². The van der Waals surface area contributed by atoms with Gasteiger partial charge in [0.2, 0.25) is 5.95 Å². The first-order chi connectivity index (χ1) is 16.6. The van der Waals surface area contributed by atoms with Crippen LogP contribution in [0.5, 0.6) is 0 Å². The van der Waals surface area contributed by atoms with Gasteiger partial charge < -0.3 is 20.4 Å². The zero-order chi connectivity index (χ0) is 23.5. The van der Waals surface area contributed by atoms with E-state index in [4.69, 9.17) is 21.8 Å². The van der Waals surface area contributed by atoms with Crippen molar-refractivity contribution in [3.05, 3.63) is 77.4 Å². The molecule has 3 heterocycles. The molecule has 0 bridgehead atoms. The number of aromatic nitrogens is 3. The highest BCUT2D eigenvalue weighted by molar-refractivity contribution is 6.30. The van der Waals surface area contributed by atoms with E-state index in [1.54, 1.807) is 6.20 Å². The van der Waals surface area contributed by atoms with Crippen molar-refractivity contribution in [2.24, 2.45) is 0 Å². The number of benzene rings is 2. The van der Waals surface area contributed by atoms with Gasteiger partial charge in [-0.15, -0.1) is 5.10 Å². The summed E-state index contributed by atoms with van der Waals surface area (Å²) in [5.41, 5.74) is 5.12. The van der Waals surface area contributed by atoms with Gasteiger partial charge in [-0.05, 0) is 73.8 Å². The average molecular weight is 478 g/mol. The number of nitrogens with zero attached hydrogens (tertiary/aromatic N) is 4. The number of hydrogen-bond donors (Lipinski definition) is 3. The highest BCUT2D eigenvalue weighted by atomic mass is 35.5. The molecule has 0 amide bonds. The Morgan fingerprint density at radius 3 is 2.59 bits per heavy atom. The molecule has 3 N–H and O–H groups in total. The molecular weight excluding hydrogens is 450 g/mol. The van der Waals surface area contributed by atoms with Crippen molar-refractivity contribution >= 4 is 28.8 Å². The molecule has 1 atom stereocenters. The Bertz CT molecular complexity index is 1250. The molecule has 7 nitrogen and oxygen atoms in total. The molecule has 4 aromatic rings. The standard InChI is InChI=1S/C26H28ClN5O2/c27-21-3-1-2-20(14-21)25-9-8-23-15-28-26(30-32(23)25)29-22-6-4-18(5-7-22)19-10-12-31(13-11-19)16-24(34)17-33/h1-9,14-15,19,24,33-34H,10-13,16-17H2,(H,29,30)/t24-/m0/s1. The van der Waals surface area contributed by atoms with Gasteiger partial charge in [0, 0.05) is 22.8 Å². The summed E-state index contributed by atoms with van der Waals surface area (Å²) in [4.78, 5) is 6.69. The van der Waals surface area contributed by atoms with Gasteiger partial charge in [0.05, 0.1) is 30.1 Å². The summed E-state index contributed by atoms with van der Waals surface area (Å²) in [7, 11) is 0. The smallest absolute Gasteiger partial charge is 0.245 e. The van der Waals surface area contributed by atoms with Crippen LogP contribution >= 0.6 is 11.6 Å². The quantitative estimate of drug-likeness (QED) is 0.367. The number of β-amino-alcohol motifs (C(OH)–C–C–N with tert-alkyl or cyclic N) is 1. The first-order valence-corrected chi connectivity index (χ1v) is 12.0. The molecule has 0 unspecified atom stereocenters. The van der Waals surface area contributed by atoms with Crippen LogP contribution in [0, 0.1) is 0 Å². The number of aliphatic hydroxyl groups excluding tert-OH is 2. The fraction of sp³-hybridized carbons (Fsp3) is 0.308. The summed E-state index contributed by atoms with van der Waals surface area (Å²) in [5, 5.41) is 27.4. The maximum Gasteiger partial charge on any atom is 0.245 e. The van der Waals surface area contributed by atoms with Crippen molar-refractivity contribution in [3.8, 4) is 11.3 Å². The van der Waals surface area contributed by atoms with Gasteiger partial charge in [-0.3, -0.25) is 0 Å². The fourth-order valence-corrected chi connectivity index (χ4v) is 4.79. The molecule has 0 radical (unpaired) electrons. The van der Waals surface area contributed by atoms with Crippen molar-refractivity contribution < 1.29 is 10.2 Å². The first-order valence-electron chi connectivity index (χ1n) is 11.6. The van der Waals surface area contributed by atoms with Crippen molar-refractivity contribution in [2.75, 3.05) is 31.6 Å². The van der Waals surface area contributed by atoms with E-state index in [1.807, 2.05) is 40.9 Å². The van der Waals surface area contributed by atoms with E-state index in [-0.39, 0.29) is 6.61 Å². The molecule has 1 aliphatic rings. The second-order valence-corrected chi connectivity index (χ2v) is 9.24. The maximum absolute atomic E-state index is 9.66. The second-order valence-electron chi connectivity index (χ2n) is 8.81. The Hall–Kier alpha value is -2.97. The second kappa shape index (κ2) is 10.1. The summed E-state index contributed by atoms with van der Waals surface area (Å²) in [6.45, 7) is 2.22. The van der Waals surface area contributed by atoms with Crippen LogP contribution in [0.1, 0.15) is 24.3 Å². The van der Waals surface area contributed by atoms with E-state index in [9.17, 15) is 5.11 Å². The van der Waals surface area contributed by atoms with Crippen LogP contribution in [0.2, 0.25) is 5.02 Å². The van der Waals surface area contributed by atoms with Crippen molar-refractivity contribution in [2.45, 2.75) is 24.9 Å². The minimum atomic E-state index is -0.656. The van der Waals surface area contributed by atoms with Crippen LogP contribution in [0.15, 0.2) is 66.9 Å². The summed E-state index contributed by atoms with van der Waals surface area (Å²) in [6, 6.07) is 20.2. The van der Waals surface area contributed by atoms with Crippen molar-refractivity contribution in [3.63, 3.8) is 0 Å². The summed E-state index contributed by atoms with van der Waals surface area (Å²) < 4.78 is 1.87. The normalized spacial score (nSPS) is 16.1. The third-order valence-corrected chi connectivity index (χ3v) is 6.66. The fourth-order valence-electron chi connectivity index (χ4n) is 4.60. The Kier molecular flexibility index (Phi) is 6.78. The van der Waals surface area contributed by atoms with Crippen molar-refractivity contribution in [1.82, 2.24) is 19.5 Å². The highest BCUT2D eigenvalue weighted by Crippen LogP contribution is 2.29. The number of aliphatic hydroxyl groups is 2. The maximum atomic E-state index is 9.66. The Labute approximate surface area is 203 Å². The van der Waals surface area contributed by atoms with E-state index in [1.165, 1.54) is 5.56 Å². The Balaban J connectivity index is 1.26. The van der Waals surface area contributed by atoms with Crippen LogP contribution in [0.25, 0.3) is 16.8 Å². The number of nitrogens with one attached hydrogen (secondary N) is 1. The van der Waals surface area contributed by atoms with Gasteiger partial charge in [0.1, 0.15) is 0 Å². The van der Waals surface area contributed by atoms with E-state index < -0.39 is 6.10 Å². The van der Waals surface area contributed by atoms with E-state index >= 15 is 0 Å². The summed E-state index contributed by atoms with van der Waals surface area (Å²) >= 11 is 6.18. The Morgan fingerprint density at radius 2 is 1.85 bits per heavy atom. The van der Waals surface area contributed by atoms with E-state index in [2.05, 4.69) is 39.5 Å². The molecule has 8 heteroatoms. The minimum absolute atomic E-state index is 0.183. The number of hydrogen-bond acceptors (Lipinski definition) is 6. The largest absolute Gasteiger partial charge is 0.394 e. The van der Waals surface area contributed by atoms with Gasteiger partial charge in [0.15, 0.2) is 0 Å². The molecule has 2 aromatic heterocycles. The number of piperidine rings is 1. The molecule has 2 aromatic carbocycles. The zero-order valence-electron chi connectivity index (χ0n) is 18.8. The van der Waals surface area contributed by atoms with Gasteiger partial charge >= 0.3 is 0 Å². The molecule has 34 heavy (non-hydrogen) atoms. The lowest BCUT2D eigenvalue weighted by Crippen LogP contribution is -2.39. The third-order valence-electron chi connectivity index (χ3n) is 6.42. The van der Waals surface area contributed by atoms with Crippen LogP contribution in [-0.4, -0.2) is 62.1 Å². The predicted octanol–water partition coefficient (Wildman–Crippen LogP) is 4.33. The molecule has 5 rings (SSSR count). The van der Waals surface area contributed by atoms with E-state index in [0.29, 0.717) is 23.4 Å². The number of likely N-dealkylation sites (tertiary alicyclic amines) is 1. The number of anilines is 2. The summed E-state index contributed by atoms with van der Waals surface area (Å²) in [5.74, 6) is 1.03. The molecule has 0 spiro atoms. The number of rotatable bonds is 7. The van der Waals surface area contributed by atoms with Crippen molar-refractivity contribution in [1.29, 1.82) is 0 Å². The lowest BCUT2D eigenvalue weighted by atomic mass is 9.89. The Morgan fingerprint density at radius 1 is 1.06 bits per heavy atom. The summed E-state index contributed by atoms with van der Waals surface area (Å²) in [6.07, 6.45) is 3.24. The van der Waals surface area contributed by atoms with Crippen LogP contribution in [0.4, 0.5) is 11.6 Å². The monoisotopic (exact) mass is 477 g/mol. The molecule has 1 saturated heterocycles. The SMILES string of the molecule is OC[C@@H](O)CN1CCC(c2ccc(Nc3ncc4ccc(-c5cccc(Cl)c5)n4n3)cc2)CC1. The predicted molar refractivity (Wildman–Crippen MR) is 135 cm³/mol. The average Bonchev–Trinajstić information content (AvgIpc) is 3.28. The molecule has 0 saturated carbocycles. The lowest BCUT2D eigenvalue weighted by Gasteiger charge is -2.33. The lowest BCUT2D eigenvalue weighted by molar-refractivity contribution is 0.0513. The first kappa shape index (κ1) is 22.8.